The fourth-order valence-electron chi connectivity index (χ4n) is 1.92. The highest BCUT2D eigenvalue weighted by Crippen LogP contribution is 2.31. The van der Waals surface area contributed by atoms with Crippen molar-refractivity contribution >= 4 is 11.6 Å². The molecule has 0 bridgehead atoms. The van der Waals surface area contributed by atoms with Crippen LogP contribution in [0.3, 0.4) is 0 Å². The minimum atomic E-state index is -0.139. The van der Waals surface area contributed by atoms with Crippen LogP contribution in [0.25, 0.3) is 0 Å². The molecule has 0 fully saturated rings. The topological polar surface area (TPSA) is 46.2 Å². The molecule has 15 heavy (non-hydrogen) atoms. The van der Waals surface area contributed by atoms with Gasteiger partial charge in [-0.2, -0.15) is 0 Å². The lowest BCUT2D eigenvalue weighted by molar-refractivity contribution is 0.234. The first-order valence-corrected chi connectivity index (χ1v) is 5.63. The highest BCUT2D eigenvalue weighted by atomic mass is 35.5. The van der Waals surface area contributed by atoms with Crippen LogP contribution in [0.2, 0.25) is 5.02 Å². The Kier molecular flexibility index (Phi) is 4.58. The first kappa shape index (κ1) is 12.5. The van der Waals surface area contributed by atoms with Gasteiger partial charge in [-0.05, 0) is 30.5 Å². The third-order valence-corrected chi connectivity index (χ3v) is 3.33. The molecule has 0 amide bonds. The molecule has 0 heterocycles. The van der Waals surface area contributed by atoms with Gasteiger partial charge in [-0.15, -0.1) is 0 Å². The molecule has 1 atom stereocenters. The van der Waals surface area contributed by atoms with Crippen molar-refractivity contribution in [1.82, 2.24) is 0 Å². The summed E-state index contributed by atoms with van der Waals surface area (Å²) in [6.07, 6.45) is 1.59. The number of halogens is 1. The van der Waals surface area contributed by atoms with Gasteiger partial charge in [-0.3, -0.25) is 0 Å². The number of benzene rings is 1. The van der Waals surface area contributed by atoms with Crippen LogP contribution >= 0.6 is 11.6 Å². The van der Waals surface area contributed by atoms with Crippen LogP contribution in [0.15, 0.2) is 24.3 Å². The molecule has 1 aromatic carbocycles. The van der Waals surface area contributed by atoms with Crippen molar-refractivity contribution in [2.75, 3.05) is 13.2 Å². The fraction of sp³-hybridized carbons (Fsp3) is 0.500. The maximum atomic E-state index is 9.11. The molecule has 0 spiro atoms. The van der Waals surface area contributed by atoms with Crippen molar-refractivity contribution in [3.63, 3.8) is 0 Å². The van der Waals surface area contributed by atoms with Crippen LogP contribution in [0, 0.1) is 0 Å². The van der Waals surface area contributed by atoms with E-state index in [1.54, 1.807) is 0 Å². The van der Waals surface area contributed by atoms with E-state index >= 15 is 0 Å². The van der Waals surface area contributed by atoms with E-state index in [9.17, 15) is 0 Å². The van der Waals surface area contributed by atoms with E-state index < -0.39 is 0 Å². The van der Waals surface area contributed by atoms with Gasteiger partial charge in [0.2, 0.25) is 0 Å². The van der Waals surface area contributed by atoms with Gasteiger partial charge < -0.3 is 10.8 Å². The van der Waals surface area contributed by atoms with Gasteiger partial charge in [0.05, 0.1) is 0 Å². The van der Waals surface area contributed by atoms with Crippen LogP contribution in [0.4, 0.5) is 0 Å². The van der Waals surface area contributed by atoms with Crippen LogP contribution in [0.1, 0.15) is 25.3 Å². The second kappa shape index (κ2) is 5.50. The molecule has 0 aliphatic heterocycles. The predicted octanol–water partition coefficient (Wildman–Crippen LogP) is 2.33. The van der Waals surface area contributed by atoms with E-state index in [1.165, 1.54) is 0 Å². The van der Waals surface area contributed by atoms with E-state index in [0.29, 0.717) is 13.0 Å². The van der Waals surface area contributed by atoms with E-state index in [4.69, 9.17) is 22.4 Å². The maximum absolute atomic E-state index is 9.11. The van der Waals surface area contributed by atoms with E-state index in [0.717, 1.165) is 17.0 Å². The summed E-state index contributed by atoms with van der Waals surface area (Å²) in [6.45, 7) is 2.77. The zero-order valence-electron chi connectivity index (χ0n) is 9.04. The summed E-state index contributed by atoms with van der Waals surface area (Å²) >= 11 is 5.96. The van der Waals surface area contributed by atoms with Crippen molar-refractivity contribution in [1.29, 1.82) is 0 Å². The number of aliphatic hydroxyl groups excluding tert-OH is 1. The van der Waals surface area contributed by atoms with Crippen LogP contribution in [0.5, 0.6) is 0 Å². The SMILES string of the molecule is CCC(CN)(CCO)c1cccc(Cl)c1. The molecule has 0 radical (unpaired) electrons. The van der Waals surface area contributed by atoms with Gasteiger partial charge in [-0.25, -0.2) is 0 Å². The van der Waals surface area contributed by atoms with Gasteiger partial charge in [0.15, 0.2) is 0 Å². The Balaban J connectivity index is 3.07. The summed E-state index contributed by atoms with van der Waals surface area (Å²) in [5.41, 5.74) is 6.81. The Hall–Kier alpha value is -0.570. The molecule has 84 valence electrons. The Bertz CT molecular complexity index is 310. The molecule has 1 rings (SSSR count). The number of rotatable bonds is 5. The minimum absolute atomic E-state index is 0.139. The summed E-state index contributed by atoms with van der Waals surface area (Å²) in [5, 5.41) is 9.83. The zero-order valence-corrected chi connectivity index (χ0v) is 9.80. The quantitative estimate of drug-likeness (QED) is 0.811. The number of hydrogen-bond donors (Lipinski definition) is 2. The Morgan fingerprint density at radius 2 is 2.20 bits per heavy atom. The molecule has 3 N–H and O–H groups in total. The van der Waals surface area contributed by atoms with Gasteiger partial charge in [0.25, 0.3) is 0 Å². The van der Waals surface area contributed by atoms with Gasteiger partial charge in [0, 0.05) is 23.6 Å². The molecule has 1 unspecified atom stereocenters. The lowest BCUT2D eigenvalue weighted by Crippen LogP contribution is -2.35. The minimum Gasteiger partial charge on any atom is -0.396 e. The first-order valence-electron chi connectivity index (χ1n) is 5.25. The van der Waals surface area contributed by atoms with E-state index in [-0.39, 0.29) is 12.0 Å². The Labute approximate surface area is 96.1 Å². The van der Waals surface area contributed by atoms with Crippen molar-refractivity contribution < 1.29 is 5.11 Å². The average Bonchev–Trinajstić information content (AvgIpc) is 2.26. The normalized spacial score (nSPS) is 14.9. The summed E-state index contributed by atoms with van der Waals surface area (Å²) in [5.74, 6) is 0. The Morgan fingerprint density at radius 1 is 1.47 bits per heavy atom. The summed E-state index contributed by atoms with van der Waals surface area (Å²) in [4.78, 5) is 0. The van der Waals surface area contributed by atoms with Crippen molar-refractivity contribution in [2.24, 2.45) is 5.73 Å². The van der Waals surface area contributed by atoms with Crippen LogP contribution < -0.4 is 5.73 Å². The predicted molar refractivity (Wildman–Crippen MR) is 64.2 cm³/mol. The number of nitrogens with two attached hydrogens (primary N) is 1. The molecule has 0 saturated carbocycles. The standard InChI is InChI=1S/C12H18ClNO/c1-2-12(9-14,6-7-15)10-4-3-5-11(13)8-10/h3-5,8,15H,2,6-7,9,14H2,1H3. The van der Waals surface area contributed by atoms with Crippen molar-refractivity contribution in [3.8, 4) is 0 Å². The fourth-order valence-corrected chi connectivity index (χ4v) is 2.11. The van der Waals surface area contributed by atoms with Gasteiger partial charge in [-0.1, -0.05) is 30.7 Å². The molecular weight excluding hydrogens is 210 g/mol. The second-order valence-electron chi connectivity index (χ2n) is 3.82. The summed E-state index contributed by atoms with van der Waals surface area (Å²) < 4.78 is 0. The van der Waals surface area contributed by atoms with E-state index in [2.05, 4.69) is 6.92 Å². The highest BCUT2D eigenvalue weighted by molar-refractivity contribution is 6.30. The molecule has 0 aliphatic rings. The molecule has 3 heteroatoms. The van der Waals surface area contributed by atoms with Gasteiger partial charge in [0.1, 0.15) is 0 Å². The summed E-state index contributed by atoms with van der Waals surface area (Å²) in [6, 6.07) is 7.74. The Morgan fingerprint density at radius 3 is 2.67 bits per heavy atom. The lowest BCUT2D eigenvalue weighted by atomic mass is 9.75. The molecule has 0 aromatic heterocycles. The third-order valence-electron chi connectivity index (χ3n) is 3.09. The monoisotopic (exact) mass is 227 g/mol. The maximum Gasteiger partial charge on any atom is 0.0440 e. The first-order chi connectivity index (χ1) is 7.18. The number of aliphatic hydroxyl groups is 1. The zero-order chi connectivity index (χ0) is 11.3. The third kappa shape index (κ3) is 2.71. The summed E-state index contributed by atoms with van der Waals surface area (Å²) in [7, 11) is 0. The molecule has 1 aromatic rings. The molecule has 0 saturated heterocycles. The van der Waals surface area contributed by atoms with Crippen LogP contribution in [-0.4, -0.2) is 18.3 Å². The van der Waals surface area contributed by atoms with Crippen molar-refractivity contribution in [2.45, 2.75) is 25.2 Å². The van der Waals surface area contributed by atoms with Gasteiger partial charge >= 0.3 is 0 Å². The molecular formula is C12H18ClNO. The van der Waals surface area contributed by atoms with Crippen molar-refractivity contribution in [3.05, 3.63) is 34.9 Å². The molecule has 0 aliphatic carbocycles. The average molecular weight is 228 g/mol. The molecule has 2 nitrogen and oxygen atoms in total. The lowest BCUT2D eigenvalue weighted by Gasteiger charge is -2.31. The smallest absolute Gasteiger partial charge is 0.0440 e. The second-order valence-corrected chi connectivity index (χ2v) is 4.26. The van der Waals surface area contributed by atoms with E-state index in [1.807, 2.05) is 24.3 Å². The number of hydrogen-bond acceptors (Lipinski definition) is 2. The highest BCUT2D eigenvalue weighted by Gasteiger charge is 2.28. The van der Waals surface area contributed by atoms with Crippen LogP contribution in [-0.2, 0) is 5.41 Å². The largest absolute Gasteiger partial charge is 0.396 e.